The largest absolute Gasteiger partial charge is 0.370 e. The number of nitrogens with one attached hydrogen (secondary N) is 1. The van der Waals surface area contributed by atoms with Crippen LogP contribution in [0.3, 0.4) is 0 Å². The van der Waals surface area contributed by atoms with Gasteiger partial charge < -0.3 is 16.8 Å². The van der Waals surface area contributed by atoms with E-state index in [4.69, 9.17) is 11.5 Å². The van der Waals surface area contributed by atoms with E-state index in [1.54, 1.807) is 0 Å². The Bertz CT molecular complexity index is 170. The van der Waals surface area contributed by atoms with E-state index < -0.39 is 11.9 Å². The SMILES string of the molecule is [CH2]CNC(=O)C(N)CCC(N)=O. The Morgan fingerprint density at radius 3 is 2.50 bits per heavy atom. The van der Waals surface area contributed by atoms with Crippen molar-refractivity contribution in [3.8, 4) is 0 Å². The van der Waals surface area contributed by atoms with Crippen LogP contribution in [-0.2, 0) is 9.59 Å². The van der Waals surface area contributed by atoms with Gasteiger partial charge in [-0.1, -0.05) is 0 Å². The molecule has 5 nitrogen and oxygen atoms in total. The third-order valence-corrected chi connectivity index (χ3v) is 1.34. The standard InChI is InChI=1S/C7H14N3O2/c1-2-10-7(12)5(8)3-4-6(9)11/h5H,1-4,8H2,(H2,9,11)(H,10,12). The summed E-state index contributed by atoms with van der Waals surface area (Å²) in [7, 11) is 0. The van der Waals surface area contributed by atoms with Crippen molar-refractivity contribution >= 4 is 11.8 Å². The molecule has 0 saturated heterocycles. The van der Waals surface area contributed by atoms with E-state index in [2.05, 4.69) is 12.2 Å². The number of rotatable bonds is 5. The summed E-state index contributed by atoms with van der Waals surface area (Å²) in [5.74, 6) is -0.751. The molecule has 0 fully saturated rings. The molecule has 5 heteroatoms. The van der Waals surface area contributed by atoms with Crippen LogP contribution < -0.4 is 16.8 Å². The van der Waals surface area contributed by atoms with E-state index >= 15 is 0 Å². The van der Waals surface area contributed by atoms with E-state index in [0.29, 0.717) is 6.54 Å². The van der Waals surface area contributed by atoms with Gasteiger partial charge in [-0.2, -0.15) is 0 Å². The Kier molecular flexibility index (Phi) is 5.03. The molecule has 1 unspecified atom stereocenters. The van der Waals surface area contributed by atoms with E-state index in [0.717, 1.165) is 0 Å². The highest BCUT2D eigenvalue weighted by Gasteiger charge is 2.12. The van der Waals surface area contributed by atoms with Crippen LogP contribution in [0.2, 0.25) is 0 Å². The van der Waals surface area contributed by atoms with E-state index in [1.807, 2.05) is 0 Å². The van der Waals surface area contributed by atoms with Crippen LogP contribution in [0.15, 0.2) is 0 Å². The fourth-order valence-corrected chi connectivity index (χ4v) is 0.683. The predicted molar refractivity (Wildman–Crippen MR) is 44.8 cm³/mol. The zero-order chi connectivity index (χ0) is 9.56. The third kappa shape index (κ3) is 4.68. The smallest absolute Gasteiger partial charge is 0.236 e. The summed E-state index contributed by atoms with van der Waals surface area (Å²) in [5.41, 5.74) is 10.3. The van der Waals surface area contributed by atoms with Gasteiger partial charge in [-0.25, -0.2) is 0 Å². The number of amides is 2. The van der Waals surface area contributed by atoms with Gasteiger partial charge in [0, 0.05) is 13.0 Å². The lowest BCUT2D eigenvalue weighted by atomic mass is 10.1. The molecule has 0 aliphatic rings. The van der Waals surface area contributed by atoms with Crippen molar-refractivity contribution < 1.29 is 9.59 Å². The molecule has 0 heterocycles. The van der Waals surface area contributed by atoms with Crippen LogP contribution in [0.25, 0.3) is 0 Å². The Morgan fingerprint density at radius 2 is 2.08 bits per heavy atom. The molecule has 69 valence electrons. The fraction of sp³-hybridized carbons (Fsp3) is 0.571. The Morgan fingerprint density at radius 1 is 1.50 bits per heavy atom. The third-order valence-electron chi connectivity index (χ3n) is 1.34. The monoisotopic (exact) mass is 172 g/mol. The summed E-state index contributed by atoms with van der Waals surface area (Å²) in [6, 6.07) is -0.667. The summed E-state index contributed by atoms with van der Waals surface area (Å²) in [4.78, 5) is 21.2. The first kappa shape index (κ1) is 10.9. The van der Waals surface area contributed by atoms with Crippen LogP contribution in [0.5, 0.6) is 0 Å². The van der Waals surface area contributed by atoms with Crippen molar-refractivity contribution in [1.29, 1.82) is 0 Å². The van der Waals surface area contributed by atoms with Gasteiger partial charge in [-0.05, 0) is 13.3 Å². The number of nitrogens with two attached hydrogens (primary N) is 2. The van der Waals surface area contributed by atoms with Gasteiger partial charge in [0.05, 0.1) is 6.04 Å². The Hall–Kier alpha value is -1.10. The lowest BCUT2D eigenvalue weighted by Gasteiger charge is -2.09. The van der Waals surface area contributed by atoms with Gasteiger partial charge in [0.25, 0.3) is 0 Å². The van der Waals surface area contributed by atoms with Crippen molar-refractivity contribution in [2.75, 3.05) is 6.54 Å². The van der Waals surface area contributed by atoms with Crippen molar-refractivity contribution in [1.82, 2.24) is 5.32 Å². The Labute approximate surface area is 71.5 Å². The second kappa shape index (κ2) is 5.54. The highest BCUT2D eigenvalue weighted by Crippen LogP contribution is 1.92. The van der Waals surface area contributed by atoms with Crippen LogP contribution in [-0.4, -0.2) is 24.4 Å². The van der Waals surface area contributed by atoms with Gasteiger partial charge in [0.2, 0.25) is 11.8 Å². The minimum Gasteiger partial charge on any atom is -0.370 e. The molecule has 0 spiro atoms. The molecule has 0 aromatic heterocycles. The maximum atomic E-state index is 10.9. The minimum absolute atomic E-state index is 0.131. The molecule has 0 saturated carbocycles. The predicted octanol–water partition coefficient (Wildman–Crippen LogP) is -1.47. The summed E-state index contributed by atoms with van der Waals surface area (Å²) in [6.45, 7) is 3.72. The van der Waals surface area contributed by atoms with Gasteiger partial charge >= 0.3 is 0 Å². The molecular weight excluding hydrogens is 158 g/mol. The summed E-state index contributed by atoms with van der Waals surface area (Å²) in [5, 5.41) is 2.44. The van der Waals surface area contributed by atoms with E-state index in [9.17, 15) is 9.59 Å². The molecule has 12 heavy (non-hydrogen) atoms. The fourth-order valence-electron chi connectivity index (χ4n) is 0.683. The number of carbonyl (C=O) groups excluding carboxylic acids is 2. The normalized spacial score (nSPS) is 12.2. The van der Waals surface area contributed by atoms with Crippen LogP contribution >= 0.6 is 0 Å². The second-order valence-electron chi connectivity index (χ2n) is 2.40. The van der Waals surface area contributed by atoms with Gasteiger partial charge in [-0.3, -0.25) is 9.59 Å². The average Bonchev–Trinajstić information content (AvgIpc) is 2.00. The van der Waals surface area contributed by atoms with Gasteiger partial charge in [0.1, 0.15) is 0 Å². The first-order valence-corrected chi connectivity index (χ1v) is 3.68. The molecule has 0 aliphatic heterocycles. The quantitative estimate of drug-likeness (QED) is 0.472. The molecule has 0 bridgehead atoms. The lowest BCUT2D eigenvalue weighted by Crippen LogP contribution is -2.41. The molecule has 5 N–H and O–H groups in total. The zero-order valence-electron chi connectivity index (χ0n) is 6.88. The summed E-state index contributed by atoms with van der Waals surface area (Å²) < 4.78 is 0. The molecule has 0 rings (SSSR count). The molecule has 0 aromatic carbocycles. The van der Waals surface area contributed by atoms with Gasteiger partial charge in [0.15, 0.2) is 0 Å². The van der Waals surface area contributed by atoms with E-state index in [-0.39, 0.29) is 18.7 Å². The molecule has 1 radical (unpaired) electrons. The average molecular weight is 172 g/mol. The Balaban J connectivity index is 3.63. The number of carbonyl (C=O) groups is 2. The van der Waals surface area contributed by atoms with Crippen LogP contribution in [0.4, 0.5) is 0 Å². The zero-order valence-corrected chi connectivity index (χ0v) is 6.88. The first-order chi connectivity index (χ1) is 5.57. The molecule has 0 aromatic rings. The first-order valence-electron chi connectivity index (χ1n) is 3.68. The topological polar surface area (TPSA) is 98.2 Å². The summed E-state index contributed by atoms with van der Waals surface area (Å²) >= 11 is 0. The minimum atomic E-state index is -0.667. The van der Waals surface area contributed by atoms with Crippen LogP contribution in [0, 0.1) is 6.92 Å². The van der Waals surface area contributed by atoms with Gasteiger partial charge in [-0.15, -0.1) is 0 Å². The summed E-state index contributed by atoms with van der Waals surface area (Å²) in [6.07, 6.45) is 0.410. The molecular formula is C7H14N3O2. The van der Waals surface area contributed by atoms with Crippen molar-refractivity contribution in [3.63, 3.8) is 0 Å². The number of hydrogen-bond donors (Lipinski definition) is 3. The number of primary amides is 1. The van der Waals surface area contributed by atoms with Crippen molar-refractivity contribution in [2.45, 2.75) is 18.9 Å². The molecule has 2 amide bonds. The van der Waals surface area contributed by atoms with Crippen LogP contribution in [0.1, 0.15) is 12.8 Å². The highest BCUT2D eigenvalue weighted by atomic mass is 16.2. The van der Waals surface area contributed by atoms with Crippen molar-refractivity contribution in [2.24, 2.45) is 11.5 Å². The van der Waals surface area contributed by atoms with Crippen molar-refractivity contribution in [3.05, 3.63) is 6.92 Å². The number of hydrogen-bond acceptors (Lipinski definition) is 3. The lowest BCUT2D eigenvalue weighted by molar-refractivity contribution is -0.122. The molecule has 1 atom stereocenters. The van der Waals surface area contributed by atoms with E-state index in [1.165, 1.54) is 0 Å². The molecule has 0 aliphatic carbocycles. The highest BCUT2D eigenvalue weighted by molar-refractivity contribution is 5.82. The maximum Gasteiger partial charge on any atom is 0.236 e. The maximum absolute atomic E-state index is 10.9. The second-order valence-corrected chi connectivity index (χ2v) is 2.40.